The average Bonchev–Trinajstić information content (AvgIpc) is 2.93. The molecule has 0 saturated carbocycles. The number of benzene rings is 2. The van der Waals surface area contributed by atoms with E-state index in [2.05, 4.69) is 33.1 Å². The second-order valence-corrected chi connectivity index (χ2v) is 6.41. The molecule has 0 saturated heterocycles. The highest BCUT2D eigenvalue weighted by Gasteiger charge is 2.21. The number of hydrogen-bond acceptors (Lipinski definition) is 3. The molecule has 1 amide bonds. The van der Waals surface area contributed by atoms with Crippen molar-refractivity contribution in [2.75, 3.05) is 5.32 Å². The minimum Gasteiger partial charge on any atom is -0.360 e. The van der Waals surface area contributed by atoms with Gasteiger partial charge in [-0.25, -0.2) is 0 Å². The van der Waals surface area contributed by atoms with E-state index in [0.29, 0.717) is 17.0 Å². The lowest BCUT2D eigenvalue weighted by molar-refractivity contribution is 0.102. The molecule has 0 spiro atoms. The molecule has 0 aliphatic heterocycles. The molecule has 0 unspecified atom stereocenters. The Morgan fingerprint density at radius 3 is 2.57 bits per heavy atom. The summed E-state index contributed by atoms with van der Waals surface area (Å²) in [4.78, 5) is 12.7. The fourth-order valence-corrected chi connectivity index (χ4v) is 2.81. The van der Waals surface area contributed by atoms with E-state index < -0.39 is 0 Å². The molecule has 5 heteroatoms. The maximum atomic E-state index is 12.7. The number of nitrogens with zero attached hydrogens (tertiary/aromatic N) is 1. The average molecular weight is 418 g/mol. The van der Waals surface area contributed by atoms with Gasteiger partial charge in [0.05, 0.1) is 0 Å². The van der Waals surface area contributed by atoms with Crippen LogP contribution in [0.25, 0.3) is 11.3 Å². The first-order chi connectivity index (χ1) is 11.1. The van der Waals surface area contributed by atoms with Gasteiger partial charge in [0.15, 0.2) is 0 Å². The number of aryl methyl sites for hydroxylation is 2. The molecule has 23 heavy (non-hydrogen) atoms. The largest absolute Gasteiger partial charge is 0.360 e. The summed E-state index contributed by atoms with van der Waals surface area (Å²) in [7, 11) is 0. The number of carbonyl (C=O) groups is 1. The van der Waals surface area contributed by atoms with Crippen molar-refractivity contribution >= 4 is 34.2 Å². The third-order valence-electron chi connectivity index (χ3n) is 3.57. The van der Waals surface area contributed by atoms with Gasteiger partial charge in [-0.2, -0.15) is 0 Å². The Kier molecular flexibility index (Phi) is 4.47. The minimum absolute atomic E-state index is 0.220. The van der Waals surface area contributed by atoms with Gasteiger partial charge < -0.3 is 9.84 Å². The van der Waals surface area contributed by atoms with Crippen LogP contribution in [0.1, 0.15) is 21.7 Å². The van der Waals surface area contributed by atoms with Gasteiger partial charge >= 0.3 is 0 Å². The number of hydrogen-bond donors (Lipinski definition) is 1. The molecule has 0 bridgehead atoms. The first kappa shape index (κ1) is 15.7. The first-order valence-electron chi connectivity index (χ1n) is 7.15. The molecule has 1 N–H and O–H groups in total. The minimum atomic E-state index is -0.220. The van der Waals surface area contributed by atoms with Crippen LogP contribution in [0.3, 0.4) is 0 Å². The van der Waals surface area contributed by atoms with Crippen molar-refractivity contribution < 1.29 is 9.32 Å². The van der Waals surface area contributed by atoms with Crippen molar-refractivity contribution in [1.29, 1.82) is 0 Å². The normalized spacial score (nSPS) is 10.6. The Balaban J connectivity index is 1.94. The number of carbonyl (C=O) groups excluding carboxylic acids is 1. The van der Waals surface area contributed by atoms with Crippen LogP contribution in [-0.2, 0) is 0 Å². The smallest absolute Gasteiger partial charge is 0.261 e. The Hall–Kier alpha value is -2.15. The molecular formula is C18H15IN2O2. The van der Waals surface area contributed by atoms with Gasteiger partial charge in [-0.3, -0.25) is 4.79 Å². The number of nitrogens with one attached hydrogen (secondary N) is 1. The van der Waals surface area contributed by atoms with E-state index in [-0.39, 0.29) is 5.91 Å². The van der Waals surface area contributed by atoms with E-state index in [1.54, 1.807) is 6.92 Å². The maximum Gasteiger partial charge on any atom is 0.261 e. The fraction of sp³-hybridized carbons (Fsp3) is 0.111. The van der Waals surface area contributed by atoms with E-state index >= 15 is 0 Å². The van der Waals surface area contributed by atoms with Crippen LogP contribution in [0.5, 0.6) is 0 Å². The molecule has 3 rings (SSSR count). The highest BCUT2D eigenvalue weighted by atomic mass is 127. The van der Waals surface area contributed by atoms with Gasteiger partial charge in [0.2, 0.25) is 0 Å². The van der Waals surface area contributed by atoms with Gasteiger partial charge in [0.25, 0.3) is 5.91 Å². The van der Waals surface area contributed by atoms with Crippen molar-refractivity contribution in [3.63, 3.8) is 0 Å². The van der Waals surface area contributed by atoms with E-state index in [1.807, 2.05) is 55.5 Å². The van der Waals surface area contributed by atoms with Gasteiger partial charge in [0.1, 0.15) is 17.0 Å². The standard InChI is InChI=1S/C18H15IN2O2/c1-11-8-9-14(10-15(11)19)20-18(22)16-12(2)23-21-17(16)13-6-4-3-5-7-13/h3-10H,1-2H3,(H,20,22). The molecular weight excluding hydrogens is 403 g/mol. The number of halogens is 1. The number of rotatable bonds is 3. The molecule has 116 valence electrons. The summed E-state index contributed by atoms with van der Waals surface area (Å²) in [6.45, 7) is 3.78. The molecule has 0 atom stereocenters. The Morgan fingerprint density at radius 2 is 1.87 bits per heavy atom. The Bertz CT molecular complexity index is 857. The van der Waals surface area contributed by atoms with E-state index in [4.69, 9.17) is 4.52 Å². The molecule has 0 radical (unpaired) electrons. The van der Waals surface area contributed by atoms with E-state index in [0.717, 1.165) is 14.8 Å². The summed E-state index contributed by atoms with van der Waals surface area (Å²) in [6, 6.07) is 15.4. The topological polar surface area (TPSA) is 55.1 Å². The van der Waals surface area contributed by atoms with Gasteiger partial charge in [0, 0.05) is 14.8 Å². The van der Waals surface area contributed by atoms with Crippen LogP contribution in [0, 0.1) is 17.4 Å². The van der Waals surface area contributed by atoms with Gasteiger partial charge in [-0.15, -0.1) is 0 Å². The monoisotopic (exact) mass is 418 g/mol. The maximum absolute atomic E-state index is 12.7. The van der Waals surface area contributed by atoms with Crippen LogP contribution in [0.2, 0.25) is 0 Å². The lowest BCUT2D eigenvalue weighted by Crippen LogP contribution is -2.13. The molecule has 0 aliphatic rings. The van der Waals surface area contributed by atoms with Crippen LogP contribution >= 0.6 is 22.6 Å². The lowest BCUT2D eigenvalue weighted by Gasteiger charge is -2.07. The van der Waals surface area contributed by atoms with Crippen molar-refractivity contribution in [1.82, 2.24) is 5.16 Å². The molecule has 1 aromatic heterocycles. The molecule has 3 aromatic rings. The highest BCUT2D eigenvalue weighted by molar-refractivity contribution is 14.1. The summed E-state index contributed by atoms with van der Waals surface area (Å²) in [5, 5.41) is 6.96. The molecule has 0 fully saturated rings. The number of amides is 1. The summed E-state index contributed by atoms with van der Waals surface area (Å²) >= 11 is 2.25. The SMILES string of the molecule is Cc1ccc(NC(=O)c2c(-c3ccccc3)noc2C)cc1I. The summed E-state index contributed by atoms with van der Waals surface area (Å²) in [5.41, 5.74) is 3.81. The van der Waals surface area contributed by atoms with E-state index in [1.165, 1.54) is 5.56 Å². The van der Waals surface area contributed by atoms with Crippen LogP contribution in [0.4, 0.5) is 5.69 Å². The zero-order chi connectivity index (χ0) is 16.4. The predicted molar refractivity (Wildman–Crippen MR) is 98.5 cm³/mol. The highest BCUT2D eigenvalue weighted by Crippen LogP contribution is 2.26. The van der Waals surface area contributed by atoms with Crippen molar-refractivity contribution in [3.8, 4) is 11.3 Å². The Morgan fingerprint density at radius 1 is 1.13 bits per heavy atom. The fourth-order valence-electron chi connectivity index (χ4n) is 2.30. The molecule has 4 nitrogen and oxygen atoms in total. The van der Waals surface area contributed by atoms with Crippen LogP contribution < -0.4 is 5.32 Å². The van der Waals surface area contributed by atoms with Gasteiger partial charge in [-0.1, -0.05) is 41.6 Å². The Labute approximate surface area is 148 Å². The van der Waals surface area contributed by atoms with Crippen molar-refractivity contribution in [3.05, 3.63) is 69.0 Å². The summed E-state index contributed by atoms with van der Waals surface area (Å²) < 4.78 is 6.34. The van der Waals surface area contributed by atoms with E-state index in [9.17, 15) is 4.79 Å². The quantitative estimate of drug-likeness (QED) is 0.621. The lowest BCUT2D eigenvalue weighted by atomic mass is 10.1. The second-order valence-electron chi connectivity index (χ2n) is 5.25. The summed E-state index contributed by atoms with van der Waals surface area (Å²) in [6.07, 6.45) is 0. The summed E-state index contributed by atoms with van der Waals surface area (Å²) in [5.74, 6) is 0.283. The number of aromatic nitrogens is 1. The first-order valence-corrected chi connectivity index (χ1v) is 8.23. The zero-order valence-electron chi connectivity index (χ0n) is 12.8. The molecule has 2 aromatic carbocycles. The predicted octanol–water partition coefficient (Wildman–Crippen LogP) is 4.82. The zero-order valence-corrected chi connectivity index (χ0v) is 14.9. The molecule has 1 heterocycles. The van der Waals surface area contributed by atoms with Crippen molar-refractivity contribution in [2.45, 2.75) is 13.8 Å². The van der Waals surface area contributed by atoms with Crippen LogP contribution in [0.15, 0.2) is 53.1 Å². The third kappa shape index (κ3) is 3.29. The third-order valence-corrected chi connectivity index (χ3v) is 4.73. The van der Waals surface area contributed by atoms with Crippen LogP contribution in [-0.4, -0.2) is 11.1 Å². The second kappa shape index (κ2) is 6.54. The van der Waals surface area contributed by atoms with Gasteiger partial charge in [-0.05, 0) is 54.1 Å². The van der Waals surface area contributed by atoms with Crippen molar-refractivity contribution in [2.24, 2.45) is 0 Å². The number of anilines is 1. The molecule has 0 aliphatic carbocycles.